The minimum atomic E-state index is -0.0430. The van der Waals surface area contributed by atoms with E-state index in [1.54, 1.807) is 11.3 Å². The smallest absolute Gasteiger partial charge is 0.315 e. The monoisotopic (exact) mass is 337 g/mol. The maximum atomic E-state index is 12.1. The van der Waals surface area contributed by atoms with Crippen molar-refractivity contribution in [1.29, 1.82) is 0 Å². The van der Waals surface area contributed by atoms with Crippen LogP contribution < -0.4 is 10.6 Å². The number of urea groups is 1. The highest BCUT2D eigenvalue weighted by Crippen LogP contribution is 2.51. The summed E-state index contributed by atoms with van der Waals surface area (Å²) in [4.78, 5) is 16.5. The molecule has 128 valence electrons. The Morgan fingerprint density at radius 1 is 1.48 bits per heavy atom. The molecule has 1 aliphatic carbocycles. The number of carbonyl (C=O) groups excluding carboxylic acids is 1. The number of aryl methyl sites for hydroxylation is 2. The molecule has 2 aliphatic rings. The van der Waals surface area contributed by atoms with Gasteiger partial charge in [0.15, 0.2) is 0 Å². The van der Waals surface area contributed by atoms with Gasteiger partial charge in [-0.2, -0.15) is 0 Å². The van der Waals surface area contributed by atoms with Crippen molar-refractivity contribution in [3.63, 3.8) is 0 Å². The third-order valence-electron chi connectivity index (χ3n) is 5.16. The Bertz CT molecular complexity index is 558. The molecular weight excluding hydrogens is 310 g/mol. The van der Waals surface area contributed by atoms with E-state index < -0.39 is 0 Å². The van der Waals surface area contributed by atoms with E-state index in [0.717, 1.165) is 38.0 Å². The van der Waals surface area contributed by atoms with Crippen LogP contribution in [0, 0.1) is 18.3 Å². The molecule has 0 unspecified atom stereocenters. The van der Waals surface area contributed by atoms with Crippen molar-refractivity contribution in [2.24, 2.45) is 11.3 Å². The lowest BCUT2D eigenvalue weighted by Crippen LogP contribution is -2.67. The van der Waals surface area contributed by atoms with Gasteiger partial charge in [-0.15, -0.1) is 11.3 Å². The van der Waals surface area contributed by atoms with Crippen LogP contribution in [0.4, 0.5) is 4.79 Å². The van der Waals surface area contributed by atoms with Gasteiger partial charge in [-0.25, -0.2) is 9.78 Å². The number of unbranched alkanes of at least 4 members (excludes halogenated alkanes) is 1. The van der Waals surface area contributed by atoms with E-state index in [1.165, 1.54) is 5.01 Å². The lowest BCUT2D eigenvalue weighted by atomic mass is 9.57. The topological polar surface area (TPSA) is 63.2 Å². The molecule has 0 spiro atoms. The highest BCUT2D eigenvalue weighted by atomic mass is 32.1. The zero-order chi connectivity index (χ0) is 16.4. The number of thiazole rings is 1. The van der Waals surface area contributed by atoms with Gasteiger partial charge in [-0.1, -0.05) is 13.8 Å². The molecule has 3 rings (SSSR count). The fourth-order valence-corrected chi connectivity index (χ4v) is 4.75. The summed E-state index contributed by atoms with van der Waals surface area (Å²) in [5.74, 6) is 0.490. The van der Waals surface area contributed by atoms with Crippen LogP contribution in [0.15, 0.2) is 5.38 Å². The number of nitrogens with one attached hydrogen (secondary N) is 2. The van der Waals surface area contributed by atoms with Crippen LogP contribution in [0.5, 0.6) is 0 Å². The number of hydrogen-bond acceptors (Lipinski definition) is 4. The van der Waals surface area contributed by atoms with Crippen LogP contribution in [0.25, 0.3) is 0 Å². The SMILES string of the molecule is Cc1csc(CCCCNC(=O)N[C@@H]2[C@@H]3CCO[C@@H]3C2(C)C)n1. The molecule has 0 aromatic carbocycles. The lowest BCUT2D eigenvalue weighted by Gasteiger charge is -2.54. The Balaban J connectivity index is 1.32. The van der Waals surface area contributed by atoms with E-state index in [4.69, 9.17) is 4.74 Å². The molecule has 2 amide bonds. The predicted molar refractivity (Wildman–Crippen MR) is 91.7 cm³/mol. The fraction of sp³-hybridized carbons (Fsp3) is 0.765. The van der Waals surface area contributed by atoms with Crippen molar-refractivity contribution in [2.45, 2.75) is 58.6 Å². The molecule has 1 aromatic heterocycles. The van der Waals surface area contributed by atoms with Crippen LogP contribution in [0.1, 0.15) is 43.8 Å². The number of hydrogen-bond donors (Lipinski definition) is 2. The number of nitrogens with zero attached hydrogens (tertiary/aromatic N) is 1. The van der Waals surface area contributed by atoms with E-state index in [-0.39, 0.29) is 17.5 Å². The maximum absolute atomic E-state index is 12.1. The molecule has 2 fully saturated rings. The number of ether oxygens (including phenoxy) is 1. The van der Waals surface area contributed by atoms with Crippen molar-refractivity contribution >= 4 is 17.4 Å². The van der Waals surface area contributed by atoms with Crippen molar-refractivity contribution in [3.05, 3.63) is 16.1 Å². The first kappa shape index (κ1) is 16.7. The van der Waals surface area contributed by atoms with Gasteiger partial charge in [0, 0.05) is 41.6 Å². The number of aromatic nitrogens is 1. The number of fused-ring (bicyclic) bond motifs is 1. The molecule has 0 radical (unpaired) electrons. The second-order valence-corrected chi connectivity index (χ2v) is 8.23. The molecule has 6 heteroatoms. The van der Waals surface area contributed by atoms with E-state index in [9.17, 15) is 4.79 Å². The van der Waals surface area contributed by atoms with Crippen LogP contribution >= 0.6 is 11.3 Å². The van der Waals surface area contributed by atoms with Crippen molar-refractivity contribution < 1.29 is 9.53 Å². The molecule has 2 heterocycles. The first-order valence-corrected chi connectivity index (χ1v) is 9.43. The Hall–Kier alpha value is -1.14. The van der Waals surface area contributed by atoms with Gasteiger partial charge >= 0.3 is 6.03 Å². The Morgan fingerprint density at radius 2 is 2.30 bits per heavy atom. The summed E-state index contributed by atoms with van der Waals surface area (Å²) in [5.41, 5.74) is 1.14. The summed E-state index contributed by atoms with van der Waals surface area (Å²) < 4.78 is 5.76. The molecule has 5 nitrogen and oxygen atoms in total. The highest BCUT2D eigenvalue weighted by molar-refractivity contribution is 7.09. The first-order chi connectivity index (χ1) is 11.0. The predicted octanol–water partition coefficient (Wildman–Crippen LogP) is 2.89. The van der Waals surface area contributed by atoms with Crippen molar-refractivity contribution in [3.8, 4) is 0 Å². The van der Waals surface area contributed by atoms with E-state index in [0.29, 0.717) is 18.6 Å². The van der Waals surface area contributed by atoms with E-state index in [2.05, 4.69) is 34.8 Å². The Kier molecular flexibility index (Phi) is 4.92. The molecule has 3 atom stereocenters. The minimum Gasteiger partial charge on any atom is -0.377 e. The summed E-state index contributed by atoms with van der Waals surface area (Å²) >= 11 is 1.72. The first-order valence-electron chi connectivity index (χ1n) is 8.55. The summed E-state index contributed by atoms with van der Waals surface area (Å²) in [7, 11) is 0. The molecular formula is C17H27N3O2S. The zero-order valence-electron chi connectivity index (χ0n) is 14.2. The average molecular weight is 337 g/mol. The van der Waals surface area contributed by atoms with Crippen LogP contribution in [0.2, 0.25) is 0 Å². The number of amides is 2. The van der Waals surface area contributed by atoms with E-state index >= 15 is 0 Å². The largest absolute Gasteiger partial charge is 0.377 e. The normalized spacial score (nSPS) is 28.0. The number of carbonyl (C=O) groups is 1. The van der Waals surface area contributed by atoms with Crippen LogP contribution in [0.3, 0.4) is 0 Å². The highest BCUT2D eigenvalue weighted by Gasteiger charge is 2.59. The van der Waals surface area contributed by atoms with E-state index in [1.807, 2.05) is 6.92 Å². The standard InChI is InChI=1S/C17H27N3O2S/c1-11-10-23-13(19-11)6-4-5-8-18-16(21)20-14-12-7-9-22-15(12)17(14,2)3/h10,12,14-15H,4-9H2,1-3H3,(H2,18,20,21)/t12-,14+,15-/m0/s1. The molecule has 23 heavy (non-hydrogen) atoms. The third kappa shape index (κ3) is 3.53. The second-order valence-electron chi connectivity index (χ2n) is 7.28. The Labute approximate surface area is 142 Å². The summed E-state index contributed by atoms with van der Waals surface area (Å²) in [6.07, 6.45) is 4.41. The summed E-state index contributed by atoms with van der Waals surface area (Å²) in [5, 5.41) is 9.41. The number of rotatable bonds is 6. The molecule has 1 aromatic rings. The molecule has 2 N–H and O–H groups in total. The minimum absolute atomic E-state index is 0.0429. The van der Waals surface area contributed by atoms with Gasteiger partial charge < -0.3 is 15.4 Å². The van der Waals surface area contributed by atoms with Gasteiger partial charge in [-0.3, -0.25) is 0 Å². The van der Waals surface area contributed by atoms with Crippen molar-refractivity contribution in [2.75, 3.05) is 13.2 Å². The lowest BCUT2D eigenvalue weighted by molar-refractivity contribution is -0.108. The third-order valence-corrected chi connectivity index (χ3v) is 6.18. The summed E-state index contributed by atoms with van der Waals surface area (Å²) in [6.45, 7) is 7.93. The molecule has 1 saturated carbocycles. The quantitative estimate of drug-likeness (QED) is 0.785. The van der Waals surface area contributed by atoms with Gasteiger partial charge in [0.25, 0.3) is 0 Å². The van der Waals surface area contributed by atoms with Crippen LogP contribution in [-0.2, 0) is 11.2 Å². The zero-order valence-corrected chi connectivity index (χ0v) is 15.0. The van der Waals surface area contributed by atoms with Gasteiger partial charge in [-0.05, 0) is 32.6 Å². The molecule has 1 aliphatic heterocycles. The summed E-state index contributed by atoms with van der Waals surface area (Å²) in [6, 6.07) is 0.187. The molecule has 0 bridgehead atoms. The molecule has 1 saturated heterocycles. The Morgan fingerprint density at radius 3 is 3.04 bits per heavy atom. The second kappa shape index (κ2) is 6.77. The maximum Gasteiger partial charge on any atom is 0.315 e. The van der Waals surface area contributed by atoms with Gasteiger partial charge in [0.1, 0.15) is 0 Å². The van der Waals surface area contributed by atoms with Crippen LogP contribution in [-0.4, -0.2) is 36.3 Å². The van der Waals surface area contributed by atoms with Crippen molar-refractivity contribution in [1.82, 2.24) is 15.6 Å². The fourth-order valence-electron chi connectivity index (χ4n) is 3.93. The van der Waals surface area contributed by atoms with Gasteiger partial charge in [0.05, 0.1) is 11.1 Å². The van der Waals surface area contributed by atoms with Gasteiger partial charge in [0.2, 0.25) is 0 Å². The average Bonchev–Trinajstić information content (AvgIpc) is 3.12.